The van der Waals surface area contributed by atoms with Gasteiger partial charge in [-0.05, 0) is 29.7 Å². The first-order chi connectivity index (χ1) is 12.2. The number of carbonyl (C=O) groups excluding carboxylic acids is 1. The molecule has 0 aliphatic carbocycles. The third kappa shape index (κ3) is 3.27. The Morgan fingerprint density at radius 3 is 2.56 bits per heavy atom. The topological polar surface area (TPSA) is 38.8 Å². The Balaban J connectivity index is 1.42. The quantitative estimate of drug-likeness (QED) is 0.840. The van der Waals surface area contributed by atoms with E-state index in [9.17, 15) is 4.79 Å². The Labute approximate surface area is 148 Å². The van der Waals surface area contributed by atoms with Crippen molar-refractivity contribution in [2.45, 2.75) is 37.5 Å². The summed E-state index contributed by atoms with van der Waals surface area (Å²) < 4.78 is 11.3. The molecule has 0 aromatic heterocycles. The van der Waals surface area contributed by atoms with Crippen LogP contribution in [-0.2, 0) is 16.1 Å². The van der Waals surface area contributed by atoms with Gasteiger partial charge >= 0.3 is 0 Å². The molecule has 0 N–H and O–H groups in total. The van der Waals surface area contributed by atoms with Crippen LogP contribution in [0.4, 0.5) is 0 Å². The number of methoxy groups -OCH3 is 1. The number of nitrogens with zero attached hydrogens (tertiary/aromatic N) is 1. The summed E-state index contributed by atoms with van der Waals surface area (Å²) in [6.45, 7) is 1.32. The van der Waals surface area contributed by atoms with Crippen molar-refractivity contribution in [1.29, 1.82) is 0 Å². The lowest BCUT2D eigenvalue weighted by Gasteiger charge is -2.20. The Bertz CT molecular complexity index is 729. The standard InChI is InChI=1S/C21H23NO3/c1-24-17-9-7-16(8-10-17)19-12-21(23)22-13-18(11-20(19)22)25-14-15-5-3-2-4-6-15/h2-10,18-20H,11-14H2,1H3/t18-,19-,20?/m1/s1. The average molecular weight is 337 g/mol. The average Bonchev–Trinajstić information content (AvgIpc) is 3.21. The van der Waals surface area contributed by atoms with Crippen molar-refractivity contribution in [2.24, 2.45) is 0 Å². The van der Waals surface area contributed by atoms with Gasteiger partial charge in [0.2, 0.25) is 5.91 Å². The third-order valence-corrected chi connectivity index (χ3v) is 5.36. The molecular weight excluding hydrogens is 314 g/mol. The van der Waals surface area contributed by atoms with E-state index >= 15 is 0 Å². The van der Waals surface area contributed by atoms with Crippen LogP contribution in [0.25, 0.3) is 0 Å². The number of carbonyl (C=O) groups is 1. The van der Waals surface area contributed by atoms with Gasteiger partial charge in [0.1, 0.15) is 5.75 Å². The van der Waals surface area contributed by atoms with Crippen LogP contribution in [0.2, 0.25) is 0 Å². The summed E-state index contributed by atoms with van der Waals surface area (Å²) >= 11 is 0. The van der Waals surface area contributed by atoms with Crippen LogP contribution in [0.1, 0.15) is 29.9 Å². The number of rotatable bonds is 5. The van der Waals surface area contributed by atoms with E-state index in [0.717, 1.165) is 12.2 Å². The molecule has 0 spiro atoms. The number of benzene rings is 2. The van der Waals surface area contributed by atoms with E-state index < -0.39 is 0 Å². The molecular formula is C21H23NO3. The lowest BCUT2D eigenvalue weighted by molar-refractivity contribution is -0.128. The van der Waals surface area contributed by atoms with Crippen molar-refractivity contribution in [3.8, 4) is 5.75 Å². The lowest BCUT2D eigenvalue weighted by atomic mass is 9.90. The van der Waals surface area contributed by atoms with Crippen LogP contribution in [0.3, 0.4) is 0 Å². The monoisotopic (exact) mass is 337 g/mol. The molecule has 4 heteroatoms. The predicted molar refractivity (Wildman–Crippen MR) is 95.5 cm³/mol. The summed E-state index contributed by atoms with van der Waals surface area (Å²) in [4.78, 5) is 14.4. The molecule has 0 bridgehead atoms. The fourth-order valence-electron chi connectivity index (χ4n) is 4.04. The number of fused-ring (bicyclic) bond motifs is 1. The first kappa shape index (κ1) is 16.2. The summed E-state index contributed by atoms with van der Waals surface area (Å²) in [7, 11) is 1.67. The molecule has 2 aliphatic heterocycles. The molecule has 0 saturated carbocycles. The highest BCUT2D eigenvalue weighted by molar-refractivity contribution is 5.81. The van der Waals surface area contributed by atoms with Crippen LogP contribution < -0.4 is 4.74 Å². The molecule has 1 amide bonds. The van der Waals surface area contributed by atoms with Crippen molar-refractivity contribution >= 4 is 5.91 Å². The molecule has 130 valence electrons. The molecule has 1 unspecified atom stereocenters. The second-order valence-corrected chi connectivity index (χ2v) is 6.85. The van der Waals surface area contributed by atoms with Crippen LogP contribution >= 0.6 is 0 Å². The minimum absolute atomic E-state index is 0.121. The Morgan fingerprint density at radius 2 is 1.84 bits per heavy atom. The molecule has 2 aliphatic rings. The largest absolute Gasteiger partial charge is 0.497 e. The van der Waals surface area contributed by atoms with E-state index in [4.69, 9.17) is 9.47 Å². The summed E-state index contributed by atoms with van der Waals surface area (Å²) in [5, 5.41) is 0. The van der Waals surface area contributed by atoms with Crippen molar-refractivity contribution < 1.29 is 14.3 Å². The molecule has 2 fully saturated rings. The molecule has 2 aromatic rings. The first-order valence-corrected chi connectivity index (χ1v) is 8.83. The highest BCUT2D eigenvalue weighted by Gasteiger charge is 2.46. The van der Waals surface area contributed by atoms with Crippen molar-refractivity contribution in [3.63, 3.8) is 0 Å². The number of hydrogen-bond donors (Lipinski definition) is 0. The van der Waals surface area contributed by atoms with Gasteiger partial charge in [-0.2, -0.15) is 0 Å². The second kappa shape index (κ2) is 6.89. The van der Waals surface area contributed by atoms with Gasteiger partial charge in [0.15, 0.2) is 0 Å². The maximum atomic E-state index is 12.4. The van der Waals surface area contributed by atoms with Gasteiger partial charge in [-0.25, -0.2) is 0 Å². The molecule has 0 radical (unpaired) electrons. The van der Waals surface area contributed by atoms with E-state index in [0.29, 0.717) is 19.6 Å². The minimum Gasteiger partial charge on any atom is -0.497 e. The van der Waals surface area contributed by atoms with Gasteiger partial charge in [0, 0.05) is 24.9 Å². The van der Waals surface area contributed by atoms with Gasteiger partial charge in [0.05, 0.1) is 19.8 Å². The van der Waals surface area contributed by atoms with Gasteiger partial charge in [0.25, 0.3) is 0 Å². The second-order valence-electron chi connectivity index (χ2n) is 6.85. The zero-order valence-corrected chi connectivity index (χ0v) is 14.4. The molecule has 25 heavy (non-hydrogen) atoms. The maximum absolute atomic E-state index is 12.4. The molecule has 2 aromatic carbocycles. The van der Waals surface area contributed by atoms with Gasteiger partial charge in [-0.3, -0.25) is 4.79 Å². The van der Waals surface area contributed by atoms with Crippen LogP contribution in [0.15, 0.2) is 54.6 Å². The van der Waals surface area contributed by atoms with Crippen molar-refractivity contribution in [2.75, 3.05) is 13.7 Å². The number of hydrogen-bond acceptors (Lipinski definition) is 3. The van der Waals surface area contributed by atoms with Crippen LogP contribution in [0, 0.1) is 0 Å². The van der Waals surface area contributed by atoms with E-state index in [1.807, 2.05) is 35.2 Å². The zero-order chi connectivity index (χ0) is 17.2. The summed E-state index contributed by atoms with van der Waals surface area (Å²) in [5.74, 6) is 1.35. The van der Waals surface area contributed by atoms with Crippen molar-refractivity contribution in [3.05, 3.63) is 65.7 Å². The van der Waals surface area contributed by atoms with Gasteiger partial charge in [-0.15, -0.1) is 0 Å². The van der Waals surface area contributed by atoms with Crippen LogP contribution in [-0.4, -0.2) is 36.6 Å². The Morgan fingerprint density at radius 1 is 1.08 bits per heavy atom. The molecule has 4 rings (SSSR count). The van der Waals surface area contributed by atoms with E-state index in [1.165, 1.54) is 11.1 Å². The first-order valence-electron chi connectivity index (χ1n) is 8.83. The van der Waals surface area contributed by atoms with E-state index in [1.54, 1.807) is 7.11 Å². The summed E-state index contributed by atoms with van der Waals surface area (Å²) in [6.07, 6.45) is 1.63. The Kier molecular flexibility index (Phi) is 4.45. The minimum atomic E-state index is 0.121. The fourth-order valence-corrected chi connectivity index (χ4v) is 4.04. The molecule has 2 heterocycles. The lowest BCUT2D eigenvalue weighted by Crippen LogP contribution is -2.29. The van der Waals surface area contributed by atoms with E-state index in [2.05, 4.69) is 24.3 Å². The third-order valence-electron chi connectivity index (χ3n) is 5.36. The van der Waals surface area contributed by atoms with E-state index in [-0.39, 0.29) is 24.0 Å². The fraction of sp³-hybridized carbons (Fsp3) is 0.381. The van der Waals surface area contributed by atoms with Gasteiger partial charge in [-0.1, -0.05) is 42.5 Å². The highest BCUT2D eigenvalue weighted by Crippen LogP contribution is 2.41. The SMILES string of the molecule is COc1ccc([C@H]2CC(=O)N3C[C@H](OCc4ccccc4)CC23)cc1. The van der Waals surface area contributed by atoms with Gasteiger partial charge < -0.3 is 14.4 Å². The van der Waals surface area contributed by atoms with Crippen LogP contribution in [0.5, 0.6) is 5.75 Å². The normalized spacial score (nSPS) is 25.2. The predicted octanol–water partition coefficient (Wildman–Crippen LogP) is 3.37. The number of amides is 1. The summed E-state index contributed by atoms with van der Waals surface area (Å²) in [6, 6.07) is 18.6. The zero-order valence-electron chi connectivity index (χ0n) is 14.4. The smallest absolute Gasteiger partial charge is 0.223 e. The maximum Gasteiger partial charge on any atom is 0.223 e. The number of ether oxygens (including phenoxy) is 2. The van der Waals surface area contributed by atoms with Crippen molar-refractivity contribution in [1.82, 2.24) is 4.90 Å². The Hall–Kier alpha value is -2.33. The molecule has 3 atom stereocenters. The summed E-state index contributed by atoms with van der Waals surface area (Å²) in [5.41, 5.74) is 2.39. The molecule has 4 nitrogen and oxygen atoms in total. The highest BCUT2D eigenvalue weighted by atomic mass is 16.5. The molecule has 2 saturated heterocycles.